The minimum atomic E-state index is -0.0435. The van der Waals surface area contributed by atoms with Gasteiger partial charge in [-0.05, 0) is 43.7 Å². The molecule has 1 aliphatic rings. The predicted octanol–water partition coefficient (Wildman–Crippen LogP) is 1.76. The Kier molecular flexibility index (Phi) is 4.71. The molecule has 0 aliphatic heterocycles. The number of carbonyl (C=O) groups excluding carboxylic acids is 1. The molecule has 1 aromatic carbocycles. The number of aromatic nitrogens is 3. The molecule has 0 atom stereocenters. The summed E-state index contributed by atoms with van der Waals surface area (Å²) in [7, 11) is 1.82. The molecule has 6 nitrogen and oxygen atoms in total. The lowest BCUT2D eigenvalue weighted by Gasteiger charge is -2.27. The van der Waals surface area contributed by atoms with Crippen molar-refractivity contribution in [2.45, 2.75) is 31.7 Å². The lowest BCUT2D eigenvalue weighted by molar-refractivity contribution is 0.0914. The molecule has 23 heavy (non-hydrogen) atoms. The van der Waals surface area contributed by atoms with E-state index in [0.29, 0.717) is 17.3 Å². The molecule has 0 spiro atoms. The molecule has 1 fully saturated rings. The van der Waals surface area contributed by atoms with Crippen molar-refractivity contribution in [3.8, 4) is 11.4 Å². The van der Waals surface area contributed by atoms with Crippen LogP contribution in [-0.2, 0) is 7.05 Å². The summed E-state index contributed by atoms with van der Waals surface area (Å²) < 4.78 is 1.65. The van der Waals surface area contributed by atoms with Gasteiger partial charge >= 0.3 is 0 Å². The number of hydrogen-bond donors (Lipinski definition) is 2. The van der Waals surface area contributed by atoms with E-state index in [-0.39, 0.29) is 18.6 Å². The molecule has 1 heterocycles. The molecule has 2 N–H and O–H groups in total. The van der Waals surface area contributed by atoms with Crippen LogP contribution in [0.3, 0.4) is 0 Å². The summed E-state index contributed by atoms with van der Waals surface area (Å²) in [5, 5.41) is 16.5. The molecule has 0 saturated heterocycles. The maximum atomic E-state index is 12.3. The number of aryl methyl sites for hydroxylation is 1. The van der Waals surface area contributed by atoms with E-state index >= 15 is 0 Å². The van der Waals surface area contributed by atoms with E-state index in [0.717, 1.165) is 31.2 Å². The minimum Gasteiger partial charge on any atom is -0.396 e. The van der Waals surface area contributed by atoms with Crippen LogP contribution in [0.4, 0.5) is 0 Å². The molecular weight excluding hydrogens is 292 g/mol. The van der Waals surface area contributed by atoms with Gasteiger partial charge in [-0.25, -0.2) is 4.98 Å². The van der Waals surface area contributed by atoms with Crippen LogP contribution in [0.5, 0.6) is 0 Å². The summed E-state index contributed by atoms with van der Waals surface area (Å²) in [6.45, 7) is 0.254. The van der Waals surface area contributed by atoms with Gasteiger partial charge in [0.15, 0.2) is 5.82 Å². The molecule has 6 heteroatoms. The standard InChI is InChI=1S/C17H22N4O2/c1-21-11-18-16(20-21)13-4-6-14(7-5-13)17(23)19-15-8-2-12(10-22)3-9-15/h4-7,11-12,15,22H,2-3,8-10H2,1H3,(H,19,23). The minimum absolute atomic E-state index is 0.0435. The van der Waals surface area contributed by atoms with Crippen molar-refractivity contribution in [3.05, 3.63) is 36.2 Å². The van der Waals surface area contributed by atoms with Crippen LogP contribution in [0.25, 0.3) is 11.4 Å². The molecule has 2 aromatic rings. The van der Waals surface area contributed by atoms with E-state index in [1.54, 1.807) is 23.1 Å². The Balaban J connectivity index is 1.60. The average Bonchev–Trinajstić information content (AvgIpc) is 3.02. The summed E-state index contributed by atoms with van der Waals surface area (Å²) in [5.41, 5.74) is 1.54. The first-order valence-corrected chi connectivity index (χ1v) is 8.03. The lowest BCUT2D eigenvalue weighted by atomic mass is 9.86. The van der Waals surface area contributed by atoms with Crippen LogP contribution in [0.2, 0.25) is 0 Å². The fourth-order valence-corrected chi connectivity index (χ4v) is 3.00. The first kappa shape index (κ1) is 15.7. The Morgan fingerprint density at radius 1 is 1.26 bits per heavy atom. The highest BCUT2D eigenvalue weighted by Crippen LogP contribution is 2.24. The molecule has 3 rings (SSSR count). The Morgan fingerprint density at radius 2 is 1.96 bits per heavy atom. The highest BCUT2D eigenvalue weighted by molar-refractivity contribution is 5.94. The highest BCUT2D eigenvalue weighted by atomic mass is 16.3. The van der Waals surface area contributed by atoms with Gasteiger partial charge in [0.05, 0.1) is 0 Å². The van der Waals surface area contributed by atoms with Crippen LogP contribution >= 0.6 is 0 Å². The molecule has 0 bridgehead atoms. The van der Waals surface area contributed by atoms with Crippen LogP contribution in [0.1, 0.15) is 36.0 Å². The zero-order chi connectivity index (χ0) is 16.2. The Morgan fingerprint density at radius 3 is 2.52 bits per heavy atom. The highest BCUT2D eigenvalue weighted by Gasteiger charge is 2.22. The van der Waals surface area contributed by atoms with Crippen molar-refractivity contribution in [2.75, 3.05) is 6.61 Å². The fraction of sp³-hybridized carbons (Fsp3) is 0.471. The number of nitrogens with zero attached hydrogens (tertiary/aromatic N) is 3. The first-order chi connectivity index (χ1) is 11.2. The number of nitrogens with one attached hydrogen (secondary N) is 1. The van der Waals surface area contributed by atoms with Gasteiger partial charge in [0, 0.05) is 30.8 Å². The Bertz CT molecular complexity index is 657. The summed E-state index contributed by atoms with van der Waals surface area (Å²) >= 11 is 0. The second-order valence-corrected chi connectivity index (χ2v) is 6.19. The smallest absolute Gasteiger partial charge is 0.251 e. The topological polar surface area (TPSA) is 80.0 Å². The largest absolute Gasteiger partial charge is 0.396 e. The van der Waals surface area contributed by atoms with E-state index in [2.05, 4.69) is 15.4 Å². The number of amides is 1. The number of aliphatic hydroxyl groups is 1. The first-order valence-electron chi connectivity index (χ1n) is 8.03. The molecular formula is C17H22N4O2. The third kappa shape index (κ3) is 3.76. The average molecular weight is 314 g/mol. The third-order valence-corrected chi connectivity index (χ3v) is 4.45. The van der Waals surface area contributed by atoms with E-state index in [1.165, 1.54) is 0 Å². The lowest BCUT2D eigenvalue weighted by Crippen LogP contribution is -2.38. The normalized spacial score (nSPS) is 21.1. The van der Waals surface area contributed by atoms with Crippen molar-refractivity contribution >= 4 is 5.91 Å². The van der Waals surface area contributed by atoms with Gasteiger partial charge in [-0.15, -0.1) is 0 Å². The van der Waals surface area contributed by atoms with Crippen LogP contribution in [-0.4, -0.2) is 38.4 Å². The van der Waals surface area contributed by atoms with Gasteiger partial charge in [-0.2, -0.15) is 5.10 Å². The summed E-state index contributed by atoms with van der Waals surface area (Å²) in [6.07, 6.45) is 5.48. The van der Waals surface area contributed by atoms with Gasteiger partial charge in [0.25, 0.3) is 5.91 Å². The Hall–Kier alpha value is -2.21. The number of aliphatic hydroxyl groups excluding tert-OH is 1. The monoisotopic (exact) mass is 314 g/mol. The molecule has 1 aliphatic carbocycles. The third-order valence-electron chi connectivity index (χ3n) is 4.45. The van der Waals surface area contributed by atoms with Crippen LogP contribution in [0.15, 0.2) is 30.6 Å². The van der Waals surface area contributed by atoms with Gasteiger partial charge in [0.1, 0.15) is 6.33 Å². The van der Waals surface area contributed by atoms with Gasteiger partial charge in [-0.3, -0.25) is 9.48 Å². The Labute approximate surface area is 135 Å². The number of benzene rings is 1. The number of rotatable bonds is 4. The van der Waals surface area contributed by atoms with Crippen LogP contribution in [0, 0.1) is 5.92 Å². The fourth-order valence-electron chi connectivity index (χ4n) is 3.00. The summed E-state index contributed by atoms with van der Waals surface area (Å²) in [6, 6.07) is 7.56. The quantitative estimate of drug-likeness (QED) is 0.901. The zero-order valence-corrected chi connectivity index (χ0v) is 13.3. The van der Waals surface area contributed by atoms with Crippen molar-refractivity contribution in [2.24, 2.45) is 13.0 Å². The predicted molar refractivity (Wildman–Crippen MR) is 86.7 cm³/mol. The molecule has 1 aromatic heterocycles. The van der Waals surface area contributed by atoms with Gasteiger partial charge in [0.2, 0.25) is 0 Å². The molecule has 1 amide bonds. The molecule has 0 unspecified atom stereocenters. The van der Waals surface area contributed by atoms with Crippen molar-refractivity contribution in [1.82, 2.24) is 20.1 Å². The van der Waals surface area contributed by atoms with E-state index < -0.39 is 0 Å². The SMILES string of the molecule is Cn1cnc(-c2ccc(C(=O)NC3CCC(CO)CC3)cc2)n1. The number of carbonyl (C=O) groups is 1. The van der Waals surface area contributed by atoms with E-state index in [9.17, 15) is 4.79 Å². The molecule has 0 radical (unpaired) electrons. The van der Waals surface area contributed by atoms with E-state index in [4.69, 9.17) is 5.11 Å². The van der Waals surface area contributed by atoms with Crippen molar-refractivity contribution < 1.29 is 9.90 Å². The van der Waals surface area contributed by atoms with Gasteiger partial charge in [-0.1, -0.05) is 12.1 Å². The maximum Gasteiger partial charge on any atom is 0.251 e. The zero-order valence-electron chi connectivity index (χ0n) is 13.3. The summed E-state index contributed by atoms with van der Waals surface area (Å²) in [5.74, 6) is 1.01. The maximum absolute atomic E-state index is 12.3. The molecule has 1 saturated carbocycles. The van der Waals surface area contributed by atoms with Crippen LogP contribution < -0.4 is 5.32 Å². The molecule has 122 valence electrons. The summed E-state index contributed by atoms with van der Waals surface area (Å²) in [4.78, 5) is 16.5. The second kappa shape index (κ2) is 6.91. The van der Waals surface area contributed by atoms with Gasteiger partial charge < -0.3 is 10.4 Å². The van der Waals surface area contributed by atoms with Crippen molar-refractivity contribution in [3.63, 3.8) is 0 Å². The van der Waals surface area contributed by atoms with Crippen molar-refractivity contribution in [1.29, 1.82) is 0 Å². The number of hydrogen-bond acceptors (Lipinski definition) is 4. The van der Waals surface area contributed by atoms with E-state index in [1.807, 2.05) is 19.2 Å². The second-order valence-electron chi connectivity index (χ2n) is 6.19.